The third kappa shape index (κ3) is 2.08. The van der Waals surface area contributed by atoms with Crippen LogP contribution in [0.5, 0.6) is 0 Å². The van der Waals surface area contributed by atoms with Gasteiger partial charge in [-0.2, -0.15) is 12.6 Å². The minimum Gasteiger partial charge on any atom is -0.395 e. The summed E-state index contributed by atoms with van der Waals surface area (Å²) in [6.45, 7) is 2.80. The largest absolute Gasteiger partial charge is 0.395 e. The zero-order valence-corrected chi connectivity index (χ0v) is 10.2. The van der Waals surface area contributed by atoms with E-state index in [4.69, 9.17) is 5.11 Å². The fourth-order valence-electron chi connectivity index (χ4n) is 1.93. The summed E-state index contributed by atoms with van der Waals surface area (Å²) in [5.41, 5.74) is 3.31. The number of rotatable bonds is 4. The van der Waals surface area contributed by atoms with E-state index < -0.39 is 0 Å². The molecule has 0 radical (unpaired) electrons. The smallest absolute Gasteiger partial charge is 0.110 e. The van der Waals surface area contributed by atoms with Crippen molar-refractivity contribution >= 4 is 23.7 Å². The molecule has 0 aliphatic heterocycles. The normalized spacial score (nSPS) is 11.2. The summed E-state index contributed by atoms with van der Waals surface area (Å²) in [6.07, 6.45) is 0.830. The summed E-state index contributed by atoms with van der Waals surface area (Å²) < 4.78 is 2.07. The van der Waals surface area contributed by atoms with Gasteiger partial charge in [0.2, 0.25) is 0 Å². The Balaban J connectivity index is 2.56. The first-order valence-electron chi connectivity index (χ1n) is 5.43. The van der Waals surface area contributed by atoms with Gasteiger partial charge in [-0.3, -0.25) is 0 Å². The number of benzene rings is 1. The number of aromatic nitrogens is 2. The van der Waals surface area contributed by atoms with Crippen LogP contribution in [0, 0.1) is 6.92 Å². The van der Waals surface area contributed by atoms with E-state index in [0.717, 1.165) is 29.0 Å². The predicted molar refractivity (Wildman–Crippen MR) is 69.1 cm³/mol. The molecule has 1 N–H and O–H groups in total. The van der Waals surface area contributed by atoms with Crippen LogP contribution in [0.1, 0.15) is 11.4 Å². The van der Waals surface area contributed by atoms with Gasteiger partial charge in [0.05, 0.1) is 17.6 Å². The Kier molecular flexibility index (Phi) is 3.51. The number of imidazole rings is 1. The summed E-state index contributed by atoms with van der Waals surface area (Å²) in [7, 11) is 0. The molecule has 1 heterocycles. The average molecular weight is 236 g/mol. The molecule has 1 aromatic carbocycles. The van der Waals surface area contributed by atoms with Gasteiger partial charge in [0.1, 0.15) is 5.82 Å². The first-order chi connectivity index (χ1) is 7.76. The second-order valence-electron chi connectivity index (χ2n) is 3.87. The fraction of sp³-hybridized carbons (Fsp3) is 0.417. The van der Waals surface area contributed by atoms with E-state index in [9.17, 15) is 0 Å². The Labute approximate surface area is 101 Å². The minimum atomic E-state index is 0.138. The standard InChI is InChI=1S/C12H16N2OS/c1-9-2-3-11-10(8-9)13-12(4-7-16)14(11)5-6-15/h2-3,8,15-16H,4-7H2,1H3. The maximum absolute atomic E-state index is 9.08. The summed E-state index contributed by atoms with van der Waals surface area (Å²) in [5, 5.41) is 9.08. The Hall–Kier alpha value is -1.00. The van der Waals surface area contributed by atoms with Crippen molar-refractivity contribution < 1.29 is 5.11 Å². The summed E-state index contributed by atoms with van der Waals surface area (Å²) in [4.78, 5) is 4.58. The molecule has 2 rings (SSSR count). The van der Waals surface area contributed by atoms with Gasteiger partial charge in [0.15, 0.2) is 0 Å². The first-order valence-corrected chi connectivity index (χ1v) is 6.07. The summed E-state index contributed by atoms with van der Waals surface area (Å²) >= 11 is 4.23. The van der Waals surface area contributed by atoms with Crippen molar-refractivity contribution in [3.63, 3.8) is 0 Å². The highest BCUT2D eigenvalue weighted by atomic mass is 32.1. The number of aryl methyl sites for hydroxylation is 2. The fourth-order valence-corrected chi connectivity index (χ4v) is 2.13. The molecule has 0 unspecified atom stereocenters. The molecular weight excluding hydrogens is 220 g/mol. The lowest BCUT2D eigenvalue weighted by Gasteiger charge is -2.05. The summed E-state index contributed by atoms with van der Waals surface area (Å²) in [6, 6.07) is 6.21. The van der Waals surface area contributed by atoms with Crippen LogP contribution in [0.2, 0.25) is 0 Å². The molecule has 2 aromatic rings. The first kappa shape index (κ1) is 11.5. The van der Waals surface area contributed by atoms with Gasteiger partial charge in [0.25, 0.3) is 0 Å². The van der Waals surface area contributed by atoms with Crippen LogP contribution in [0.25, 0.3) is 11.0 Å². The van der Waals surface area contributed by atoms with Gasteiger partial charge in [-0.15, -0.1) is 0 Å². The van der Waals surface area contributed by atoms with Gasteiger partial charge in [0, 0.05) is 13.0 Å². The van der Waals surface area contributed by atoms with E-state index in [2.05, 4.69) is 47.3 Å². The lowest BCUT2D eigenvalue weighted by Crippen LogP contribution is -2.07. The molecule has 0 spiro atoms. The molecule has 1 aromatic heterocycles. The number of aliphatic hydroxyl groups is 1. The van der Waals surface area contributed by atoms with Gasteiger partial charge in [-0.25, -0.2) is 4.98 Å². The Morgan fingerprint density at radius 3 is 2.94 bits per heavy atom. The number of hydrogen-bond acceptors (Lipinski definition) is 3. The molecule has 0 saturated carbocycles. The van der Waals surface area contributed by atoms with Crippen molar-refractivity contribution in [3.05, 3.63) is 29.6 Å². The van der Waals surface area contributed by atoms with Gasteiger partial charge < -0.3 is 9.67 Å². The van der Waals surface area contributed by atoms with Crippen LogP contribution in [0.4, 0.5) is 0 Å². The van der Waals surface area contributed by atoms with E-state index in [1.165, 1.54) is 5.56 Å². The molecule has 86 valence electrons. The van der Waals surface area contributed by atoms with Crippen LogP contribution in [0.15, 0.2) is 18.2 Å². The highest BCUT2D eigenvalue weighted by Gasteiger charge is 2.09. The van der Waals surface area contributed by atoms with Crippen molar-refractivity contribution in [2.75, 3.05) is 12.4 Å². The zero-order valence-electron chi connectivity index (χ0n) is 9.35. The van der Waals surface area contributed by atoms with E-state index in [1.807, 2.05) is 0 Å². The number of aliphatic hydroxyl groups excluding tert-OH is 1. The highest BCUT2D eigenvalue weighted by Crippen LogP contribution is 2.18. The van der Waals surface area contributed by atoms with Gasteiger partial charge in [-0.1, -0.05) is 6.07 Å². The molecule has 0 atom stereocenters. The predicted octanol–water partition coefficient (Wildman–Crippen LogP) is 1.81. The van der Waals surface area contributed by atoms with Gasteiger partial charge >= 0.3 is 0 Å². The third-order valence-electron chi connectivity index (χ3n) is 2.64. The molecule has 0 aliphatic carbocycles. The topological polar surface area (TPSA) is 38.0 Å². The van der Waals surface area contributed by atoms with Crippen LogP contribution in [0.3, 0.4) is 0 Å². The van der Waals surface area contributed by atoms with Crippen LogP contribution in [-0.2, 0) is 13.0 Å². The average Bonchev–Trinajstić information content (AvgIpc) is 2.57. The third-order valence-corrected chi connectivity index (χ3v) is 2.87. The Bertz CT molecular complexity index is 493. The van der Waals surface area contributed by atoms with Crippen molar-refractivity contribution in [3.8, 4) is 0 Å². The van der Waals surface area contributed by atoms with Gasteiger partial charge in [-0.05, 0) is 30.4 Å². The lowest BCUT2D eigenvalue weighted by atomic mass is 10.2. The van der Waals surface area contributed by atoms with Crippen LogP contribution < -0.4 is 0 Å². The molecule has 3 nitrogen and oxygen atoms in total. The van der Waals surface area contributed by atoms with Crippen molar-refractivity contribution in [2.45, 2.75) is 19.9 Å². The lowest BCUT2D eigenvalue weighted by molar-refractivity contribution is 0.276. The number of fused-ring (bicyclic) bond motifs is 1. The molecule has 0 saturated heterocycles. The molecule has 16 heavy (non-hydrogen) atoms. The molecule has 0 amide bonds. The van der Waals surface area contributed by atoms with Crippen LogP contribution in [-0.4, -0.2) is 27.0 Å². The molecule has 0 aliphatic rings. The van der Waals surface area contributed by atoms with Crippen molar-refractivity contribution in [1.82, 2.24) is 9.55 Å². The second kappa shape index (κ2) is 4.89. The number of nitrogens with zero attached hydrogens (tertiary/aromatic N) is 2. The maximum atomic E-state index is 9.08. The molecule has 0 fully saturated rings. The highest BCUT2D eigenvalue weighted by molar-refractivity contribution is 7.80. The molecule has 4 heteroatoms. The Morgan fingerprint density at radius 2 is 2.25 bits per heavy atom. The SMILES string of the molecule is Cc1ccc2c(c1)nc(CCS)n2CCO. The van der Waals surface area contributed by atoms with Crippen molar-refractivity contribution in [1.29, 1.82) is 0 Å². The zero-order chi connectivity index (χ0) is 11.5. The Morgan fingerprint density at radius 1 is 1.44 bits per heavy atom. The van der Waals surface area contributed by atoms with Crippen molar-refractivity contribution in [2.24, 2.45) is 0 Å². The molecule has 0 bridgehead atoms. The van der Waals surface area contributed by atoms with E-state index in [0.29, 0.717) is 6.54 Å². The van der Waals surface area contributed by atoms with E-state index in [1.54, 1.807) is 0 Å². The monoisotopic (exact) mass is 236 g/mol. The number of hydrogen-bond donors (Lipinski definition) is 2. The maximum Gasteiger partial charge on any atom is 0.110 e. The molecular formula is C12H16N2OS. The second-order valence-corrected chi connectivity index (χ2v) is 4.32. The number of thiol groups is 1. The van der Waals surface area contributed by atoms with E-state index in [-0.39, 0.29) is 6.61 Å². The minimum absolute atomic E-state index is 0.138. The quantitative estimate of drug-likeness (QED) is 0.795. The van der Waals surface area contributed by atoms with Crippen LogP contribution >= 0.6 is 12.6 Å². The summed E-state index contributed by atoms with van der Waals surface area (Å²) in [5.74, 6) is 1.78. The van der Waals surface area contributed by atoms with E-state index >= 15 is 0 Å².